The second-order valence-corrected chi connectivity index (χ2v) is 14.2. The molecular weight excluding hydrogens is 625 g/mol. The molecule has 0 spiro atoms. The molecule has 0 fully saturated rings. The fourth-order valence-electron chi connectivity index (χ4n) is 8.79. The highest BCUT2D eigenvalue weighted by Gasteiger charge is 2.42. The minimum Gasteiger partial charge on any atom is -0.507 e. The summed E-state index contributed by atoms with van der Waals surface area (Å²) in [5.74, 6) is 0.791. The topological polar surface area (TPSA) is 46.9 Å². The van der Waals surface area contributed by atoms with Gasteiger partial charge in [0.2, 0.25) is 0 Å². The van der Waals surface area contributed by atoms with Gasteiger partial charge in [-0.25, -0.2) is 0 Å². The summed E-state index contributed by atoms with van der Waals surface area (Å²) in [4.78, 5) is 4.81. The van der Waals surface area contributed by atoms with Gasteiger partial charge in [0, 0.05) is 59.8 Å². The Morgan fingerprint density at radius 2 is 0.882 bits per heavy atom. The molecule has 0 radical (unpaired) electrons. The predicted octanol–water partition coefficient (Wildman–Crippen LogP) is 9.94. The Hall–Kier alpha value is -5.16. The molecule has 0 bridgehead atoms. The van der Waals surface area contributed by atoms with Crippen LogP contribution in [-0.4, -0.2) is 46.2 Å². The van der Waals surface area contributed by atoms with Crippen molar-refractivity contribution >= 4 is 0 Å². The fourth-order valence-corrected chi connectivity index (χ4v) is 8.79. The number of hydrogen-bond acceptors (Lipinski definition) is 4. The second kappa shape index (κ2) is 13.5. The molecule has 0 amide bonds. The van der Waals surface area contributed by atoms with Crippen LogP contribution in [0.25, 0.3) is 22.3 Å². The lowest BCUT2D eigenvalue weighted by Gasteiger charge is -2.31. The number of phenols is 2. The van der Waals surface area contributed by atoms with Crippen LogP contribution in [0.4, 0.5) is 0 Å². The molecule has 0 heterocycles. The highest BCUT2D eigenvalue weighted by Crippen LogP contribution is 2.54. The number of benzene rings is 6. The van der Waals surface area contributed by atoms with Crippen LogP contribution in [0.5, 0.6) is 11.5 Å². The molecule has 6 aromatic carbocycles. The van der Waals surface area contributed by atoms with Crippen molar-refractivity contribution in [2.75, 3.05) is 26.2 Å². The Labute approximate surface area is 302 Å². The van der Waals surface area contributed by atoms with Gasteiger partial charge in [-0.3, -0.25) is 9.80 Å². The number of hydrogen-bond donors (Lipinski definition) is 2. The van der Waals surface area contributed by atoms with Gasteiger partial charge in [-0.2, -0.15) is 0 Å². The van der Waals surface area contributed by atoms with E-state index in [0.29, 0.717) is 24.6 Å². The lowest BCUT2D eigenvalue weighted by atomic mass is 9.73. The van der Waals surface area contributed by atoms with E-state index in [1.165, 1.54) is 44.5 Å². The van der Waals surface area contributed by atoms with E-state index in [-0.39, 0.29) is 5.92 Å². The third-order valence-corrected chi connectivity index (χ3v) is 11.6. The first kappa shape index (κ1) is 33.0. The van der Waals surface area contributed by atoms with Crippen LogP contribution in [0.2, 0.25) is 0 Å². The summed E-state index contributed by atoms with van der Waals surface area (Å²) in [6.07, 6.45) is 0. The van der Waals surface area contributed by atoms with Gasteiger partial charge in [-0.1, -0.05) is 147 Å². The first-order valence-electron chi connectivity index (χ1n) is 18.4. The molecule has 0 saturated carbocycles. The maximum Gasteiger partial charge on any atom is 0.124 e. The van der Waals surface area contributed by atoms with E-state index in [1.54, 1.807) is 0 Å². The number of rotatable bonds is 11. The zero-order chi connectivity index (χ0) is 35.1. The smallest absolute Gasteiger partial charge is 0.124 e. The molecule has 2 aliphatic carbocycles. The van der Waals surface area contributed by atoms with E-state index in [9.17, 15) is 10.2 Å². The summed E-state index contributed by atoms with van der Waals surface area (Å²) in [7, 11) is 0. The van der Waals surface area contributed by atoms with Crippen LogP contribution >= 0.6 is 0 Å². The van der Waals surface area contributed by atoms with Crippen LogP contribution in [0, 0.1) is 0 Å². The molecule has 0 aliphatic heterocycles. The molecule has 0 saturated heterocycles. The number of para-hydroxylation sites is 2. The minimum absolute atomic E-state index is 0.0138. The van der Waals surface area contributed by atoms with E-state index in [2.05, 4.69) is 164 Å². The maximum atomic E-state index is 11.9. The van der Waals surface area contributed by atoms with E-state index in [1.807, 2.05) is 0 Å². The van der Waals surface area contributed by atoms with Gasteiger partial charge in [-0.15, -0.1) is 0 Å². The first-order chi connectivity index (χ1) is 24.9. The van der Waals surface area contributed by atoms with Crippen molar-refractivity contribution < 1.29 is 10.2 Å². The molecule has 2 N–H and O–H groups in total. The molecule has 8 rings (SSSR count). The molecule has 0 unspecified atom stereocenters. The van der Waals surface area contributed by atoms with Crippen LogP contribution in [0.3, 0.4) is 0 Å². The Balaban J connectivity index is 1.00. The van der Waals surface area contributed by atoms with Crippen molar-refractivity contribution in [1.82, 2.24) is 9.80 Å². The average Bonchev–Trinajstić information content (AvgIpc) is 3.64. The third kappa shape index (κ3) is 5.54. The maximum absolute atomic E-state index is 11.9. The van der Waals surface area contributed by atoms with Crippen molar-refractivity contribution in [2.24, 2.45) is 0 Å². The molecule has 0 atom stereocenters. The Bertz CT molecular complexity index is 2130. The van der Waals surface area contributed by atoms with Gasteiger partial charge >= 0.3 is 0 Å². The number of aromatic hydroxyl groups is 2. The van der Waals surface area contributed by atoms with Gasteiger partial charge in [0.1, 0.15) is 11.5 Å². The summed E-state index contributed by atoms with van der Waals surface area (Å²) >= 11 is 0. The lowest BCUT2D eigenvalue weighted by Crippen LogP contribution is -2.34. The van der Waals surface area contributed by atoms with Gasteiger partial charge in [-0.05, 0) is 64.5 Å². The van der Waals surface area contributed by atoms with Gasteiger partial charge in [0.25, 0.3) is 0 Å². The van der Waals surface area contributed by atoms with E-state index >= 15 is 0 Å². The Morgan fingerprint density at radius 3 is 1.41 bits per heavy atom. The normalized spacial score (nSPS) is 14.1. The predicted molar refractivity (Wildman–Crippen MR) is 208 cm³/mol. The summed E-state index contributed by atoms with van der Waals surface area (Å²) in [5.41, 5.74) is 13.3. The second-order valence-electron chi connectivity index (χ2n) is 14.2. The molecule has 4 nitrogen and oxygen atoms in total. The molecule has 256 valence electrons. The number of likely N-dealkylation sites (N-methyl/N-ethyl adjacent to an activating group) is 2. The van der Waals surface area contributed by atoms with Gasteiger partial charge < -0.3 is 10.2 Å². The monoisotopic (exact) mass is 670 g/mol. The van der Waals surface area contributed by atoms with Crippen LogP contribution in [0.15, 0.2) is 133 Å². The minimum atomic E-state index is -0.442. The Kier molecular flexibility index (Phi) is 8.75. The molecule has 51 heavy (non-hydrogen) atoms. The van der Waals surface area contributed by atoms with E-state index in [4.69, 9.17) is 0 Å². The summed E-state index contributed by atoms with van der Waals surface area (Å²) in [6.45, 7) is 11.4. The summed E-state index contributed by atoms with van der Waals surface area (Å²) in [5, 5.41) is 23.7. The summed E-state index contributed by atoms with van der Waals surface area (Å²) < 4.78 is 0. The average molecular weight is 671 g/mol. The van der Waals surface area contributed by atoms with Crippen molar-refractivity contribution in [2.45, 2.75) is 45.2 Å². The highest BCUT2D eigenvalue weighted by molar-refractivity contribution is 5.84. The quantitative estimate of drug-likeness (QED) is 0.144. The van der Waals surface area contributed by atoms with Gasteiger partial charge in [0.15, 0.2) is 0 Å². The number of fused-ring (bicyclic) bond motifs is 6. The van der Waals surface area contributed by atoms with Crippen LogP contribution < -0.4 is 0 Å². The largest absolute Gasteiger partial charge is 0.507 e. The summed E-state index contributed by atoms with van der Waals surface area (Å²) in [6, 6.07) is 46.9. The zero-order valence-corrected chi connectivity index (χ0v) is 29.8. The zero-order valence-electron chi connectivity index (χ0n) is 29.8. The fraction of sp³-hybridized carbons (Fsp3) is 0.234. The van der Waals surface area contributed by atoms with Crippen LogP contribution in [-0.2, 0) is 18.5 Å². The van der Waals surface area contributed by atoms with Crippen molar-refractivity contribution in [3.63, 3.8) is 0 Å². The molecule has 0 aromatic heterocycles. The van der Waals surface area contributed by atoms with E-state index in [0.717, 1.165) is 48.4 Å². The lowest BCUT2D eigenvalue weighted by molar-refractivity contribution is 0.202. The third-order valence-electron chi connectivity index (χ3n) is 11.6. The first-order valence-corrected chi connectivity index (χ1v) is 18.4. The molecular formula is C47H46N2O2. The highest BCUT2D eigenvalue weighted by atomic mass is 16.3. The molecule has 2 aliphatic rings. The standard InChI is InChI=1S/C47H46N2O2/c1-4-48(30-32-16-14-24-40(45(32)50)44-38-22-8-6-18-34(38)35-19-7-9-23-39(35)44)28-29-49(5-2)31-33-17-15-27-43(46(33)51)47(3)41-25-12-10-20-36(41)37-21-11-13-26-42(37)47/h6-27,44,50-51H,4-5,28-31H2,1-3H3. The SMILES string of the molecule is CCN(CCN(CC)Cc1cccc(C2(C)c3ccccc3-c3ccccc32)c1O)Cc1cccc(C2c3ccccc3-c3ccccc32)c1O. The van der Waals surface area contributed by atoms with Crippen LogP contribution in [0.1, 0.15) is 71.2 Å². The number of phenolic OH excluding ortho intramolecular Hbond substituents is 2. The molecule has 4 heteroatoms. The Morgan fingerprint density at radius 1 is 0.471 bits per heavy atom. The van der Waals surface area contributed by atoms with Crippen molar-refractivity contribution in [3.8, 4) is 33.8 Å². The van der Waals surface area contributed by atoms with Crippen molar-refractivity contribution in [1.29, 1.82) is 0 Å². The van der Waals surface area contributed by atoms with Crippen molar-refractivity contribution in [3.05, 3.63) is 178 Å². The molecule has 6 aromatic rings. The van der Waals surface area contributed by atoms with E-state index < -0.39 is 5.41 Å². The number of nitrogens with zero attached hydrogens (tertiary/aromatic N) is 2. The van der Waals surface area contributed by atoms with Gasteiger partial charge in [0.05, 0.1) is 0 Å².